The standard InChI is InChI=1S/C21H29F3N6O/c22-21(23,24)20(13-28-8-1-2-9-28)7-3-10-29(20)12-15-4-5-17(31-15)30-11-6-16-18(25)26-14-27-19(16)30/h6,11,14-15,17H,1-5,7-10,12-13H2,(H2,25,26,27). The van der Waals surface area contributed by atoms with Crippen LogP contribution in [0.4, 0.5) is 19.0 Å². The number of nitrogens with zero attached hydrogens (tertiary/aromatic N) is 5. The van der Waals surface area contributed by atoms with E-state index in [9.17, 15) is 13.2 Å². The first-order valence-electron chi connectivity index (χ1n) is 11.1. The Morgan fingerprint density at radius 2 is 1.94 bits per heavy atom. The third-order valence-corrected chi connectivity index (χ3v) is 7.19. The van der Waals surface area contributed by atoms with Crippen LogP contribution in [-0.2, 0) is 4.74 Å². The van der Waals surface area contributed by atoms with Gasteiger partial charge >= 0.3 is 6.18 Å². The van der Waals surface area contributed by atoms with Gasteiger partial charge in [0.15, 0.2) is 0 Å². The number of halogens is 3. The van der Waals surface area contributed by atoms with Crippen molar-refractivity contribution >= 4 is 16.9 Å². The van der Waals surface area contributed by atoms with Crippen molar-refractivity contribution in [2.24, 2.45) is 0 Å². The van der Waals surface area contributed by atoms with Crippen molar-refractivity contribution in [3.8, 4) is 0 Å². The van der Waals surface area contributed by atoms with E-state index in [0.29, 0.717) is 31.0 Å². The molecule has 31 heavy (non-hydrogen) atoms. The van der Waals surface area contributed by atoms with Crippen LogP contribution in [0.3, 0.4) is 0 Å². The molecule has 2 aromatic heterocycles. The highest BCUT2D eigenvalue weighted by Gasteiger charge is 2.61. The summed E-state index contributed by atoms with van der Waals surface area (Å²) in [6.07, 6.45) is 2.71. The quantitative estimate of drug-likeness (QED) is 0.773. The number of hydrogen-bond donors (Lipinski definition) is 1. The van der Waals surface area contributed by atoms with Crippen molar-refractivity contribution in [1.82, 2.24) is 24.3 Å². The lowest BCUT2D eigenvalue weighted by molar-refractivity contribution is -0.231. The molecular formula is C21H29F3N6O. The lowest BCUT2D eigenvalue weighted by Gasteiger charge is -2.43. The molecule has 3 saturated heterocycles. The number of fused-ring (bicyclic) bond motifs is 1. The average molecular weight is 438 g/mol. The zero-order valence-electron chi connectivity index (χ0n) is 17.5. The molecule has 2 N–H and O–H groups in total. The fourth-order valence-electron chi connectivity index (χ4n) is 5.60. The van der Waals surface area contributed by atoms with Crippen LogP contribution in [0, 0.1) is 0 Å². The summed E-state index contributed by atoms with van der Waals surface area (Å²) in [6.45, 7) is 2.37. The first kappa shape index (κ1) is 21.0. The smallest absolute Gasteiger partial charge is 0.383 e. The normalized spacial score (nSPS) is 30.7. The summed E-state index contributed by atoms with van der Waals surface area (Å²) in [5.74, 6) is 0.409. The minimum atomic E-state index is -4.25. The zero-order chi connectivity index (χ0) is 21.6. The highest BCUT2D eigenvalue weighted by Crippen LogP contribution is 2.45. The van der Waals surface area contributed by atoms with E-state index >= 15 is 0 Å². The van der Waals surface area contributed by atoms with Crippen molar-refractivity contribution in [3.05, 3.63) is 18.6 Å². The Kier molecular flexibility index (Phi) is 5.34. The van der Waals surface area contributed by atoms with Gasteiger partial charge in [-0.1, -0.05) is 0 Å². The van der Waals surface area contributed by atoms with Gasteiger partial charge in [-0.2, -0.15) is 13.2 Å². The molecule has 3 aliphatic rings. The molecule has 0 amide bonds. The van der Waals surface area contributed by atoms with Crippen molar-refractivity contribution in [2.45, 2.75) is 62.6 Å². The van der Waals surface area contributed by atoms with Crippen LogP contribution < -0.4 is 5.73 Å². The van der Waals surface area contributed by atoms with Crippen LogP contribution in [0.1, 0.15) is 44.8 Å². The van der Waals surface area contributed by atoms with Gasteiger partial charge in [-0.25, -0.2) is 9.97 Å². The monoisotopic (exact) mass is 438 g/mol. The Bertz CT molecular complexity index is 927. The lowest BCUT2D eigenvalue weighted by Crippen LogP contribution is -2.62. The summed E-state index contributed by atoms with van der Waals surface area (Å²) in [5.41, 5.74) is 4.85. The topological polar surface area (TPSA) is 72.4 Å². The molecule has 0 saturated carbocycles. The zero-order valence-corrected chi connectivity index (χ0v) is 17.5. The van der Waals surface area contributed by atoms with E-state index in [2.05, 4.69) is 9.97 Å². The summed E-state index contributed by atoms with van der Waals surface area (Å²) >= 11 is 0. The van der Waals surface area contributed by atoms with Crippen molar-refractivity contribution in [1.29, 1.82) is 0 Å². The Balaban J connectivity index is 1.31. The minimum Gasteiger partial charge on any atom is -0.383 e. The average Bonchev–Trinajstić information content (AvgIpc) is 3.49. The molecule has 0 aromatic carbocycles. The Morgan fingerprint density at radius 3 is 2.71 bits per heavy atom. The van der Waals surface area contributed by atoms with E-state index in [1.54, 1.807) is 4.90 Å². The fraction of sp³-hybridized carbons (Fsp3) is 0.714. The maximum atomic E-state index is 14.4. The Morgan fingerprint density at radius 1 is 1.13 bits per heavy atom. The van der Waals surface area contributed by atoms with Crippen molar-refractivity contribution in [2.75, 3.05) is 38.5 Å². The Labute approximate surface area is 179 Å². The Hall–Kier alpha value is -1.91. The summed E-state index contributed by atoms with van der Waals surface area (Å²) in [5, 5.41) is 0.760. The first-order chi connectivity index (χ1) is 14.9. The van der Waals surface area contributed by atoms with Gasteiger partial charge in [-0.3, -0.25) is 4.90 Å². The molecule has 3 fully saturated rings. The van der Waals surface area contributed by atoms with E-state index in [0.717, 1.165) is 44.2 Å². The molecule has 0 bridgehead atoms. The third kappa shape index (κ3) is 3.68. The number of likely N-dealkylation sites (tertiary alicyclic amines) is 2. The van der Waals surface area contributed by atoms with E-state index < -0.39 is 11.7 Å². The first-order valence-corrected chi connectivity index (χ1v) is 11.1. The number of ether oxygens (including phenoxy) is 1. The third-order valence-electron chi connectivity index (χ3n) is 7.19. The number of nitrogens with two attached hydrogens (primary N) is 1. The molecule has 5 rings (SSSR count). The molecule has 10 heteroatoms. The molecule has 3 unspecified atom stereocenters. The summed E-state index contributed by atoms with van der Waals surface area (Å²) < 4.78 is 51.2. The number of alkyl halides is 3. The predicted octanol–water partition coefficient (Wildman–Crippen LogP) is 3.18. The second-order valence-electron chi connectivity index (χ2n) is 9.07. The van der Waals surface area contributed by atoms with Gasteiger partial charge < -0.3 is 19.9 Å². The molecule has 7 nitrogen and oxygen atoms in total. The maximum Gasteiger partial charge on any atom is 0.408 e. The second kappa shape index (κ2) is 7.90. The van der Waals surface area contributed by atoms with Gasteiger partial charge in [0.25, 0.3) is 0 Å². The number of nitrogen functional groups attached to an aromatic ring is 1. The molecule has 0 spiro atoms. The predicted molar refractivity (Wildman–Crippen MR) is 110 cm³/mol. The van der Waals surface area contributed by atoms with Gasteiger partial charge in [-0.05, 0) is 64.2 Å². The highest BCUT2D eigenvalue weighted by atomic mass is 19.4. The molecule has 0 radical (unpaired) electrons. The van der Waals surface area contributed by atoms with Gasteiger partial charge in [0.1, 0.15) is 29.6 Å². The largest absolute Gasteiger partial charge is 0.408 e. The van der Waals surface area contributed by atoms with E-state index in [4.69, 9.17) is 10.5 Å². The summed E-state index contributed by atoms with van der Waals surface area (Å²) in [6, 6.07) is 1.85. The molecule has 0 aliphatic carbocycles. The molecule has 5 heterocycles. The van der Waals surface area contributed by atoms with Crippen LogP contribution in [0.5, 0.6) is 0 Å². The SMILES string of the molecule is Nc1ncnc2c1ccn2C1CCC(CN2CCCC2(CN2CCCC2)C(F)(F)F)O1. The van der Waals surface area contributed by atoms with Crippen LogP contribution in [0.2, 0.25) is 0 Å². The van der Waals surface area contributed by atoms with E-state index in [1.165, 1.54) is 6.33 Å². The number of anilines is 1. The van der Waals surface area contributed by atoms with Gasteiger partial charge in [-0.15, -0.1) is 0 Å². The fourth-order valence-corrected chi connectivity index (χ4v) is 5.60. The molecule has 3 atom stereocenters. The van der Waals surface area contributed by atoms with Gasteiger partial charge in [0.2, 0.25) is 0 Å². The molecule has 170 valence electrons. The molecular weight excluding hydrogens is 409 g/mol. The number of rotatable bonds is 5. The van der Waals surface area contributed by atoms with Gasteiger partial charge in [0, 0.05) is 19.3 Å². The maximum absolute atomic E-state index is 14.4. The van der Waals surface area contributed by atoms with Gasteiger partial charge in [0.05, 0.1) is 11.5 Å². The minimum absolute atomic E-state index is 0.0745. The van der Waals surface area contributed by atoms with Crippen molar-refractivity contribution in [3.63, 3.8) is 0 Å². The molecule has 3 aliphatic heterocycles. The van der Waals surface area contributed by atoms with Crippen LogP contribution in [0.25, 0.3) is 11.0 Å². The lowest BCUT2D eigenvalue weighted by atomic mass is 9.93. The molecule has 2 aromatic rings. The summed E-state index contributed by atoms with van der Waals surface area (Å²) in [7, 11) is 0. The highest BCUT2D eigenvalue weighted by molar-refractivity contribution is 5.86. The van der Waals surface area contributed by atoms with Crippen LogP contribution >= 0.6 is 0 Å². The number of aromatic nitrogens is 3. The van der Waals surface area contributed by atoms with E-state index in [-0.39, 0.29) is 25.3 Å². The van der Waals surface area contributed by atoms with Crippen molar-refractivity contribution < 1.29 is 17.9 Å². The van der Waals surface area contributed by atoms with E-state index in [1.807, 2.05) is 21.7 Å². The summed E-state index contributed by atoms with van der Waals surface area (Å²) in [4.78, 5) is 12.0. The second-order valence-corrected chi connectivity index (χ2v) is 9.07. The number of hydrogen-bond acceptors (Lipinski definition) is 6. The van der Waals surface area contributed by atoms with Crippen LogP contribution in [0.15, 0.2) is 18.6 Å². The van der Waals surface area contributed by atoms with Crippen LogP contribution in [-0.4, -0.2) is 74.9 Å².